The first kappa shape index (κ1) is 30.4. The standard InChI is InChI=1S/C36H13B2F10NO/c39-26-24(27(40)31(44)34(47)30(26)43)37-16-8-2-4-11-22(16)50-23-13-18-21(12-19(23)37)49-20-10-3-1-6-14(20)15-7-5-9-17(36(15)49)38(18)25-28(41)32(45)35(48)33(46)29(25)42/h1-13H. The zero-order valence-corrected chi connectivity index (χ0v) is 24.8. The highest BCUT2D eigenvalue weighted by Gasteiger charge is 2.44. The Morgan fingerprint density at radius 2 is 0.920 bits per heavy atom. The molecule has 0 spiro atoms. The Morgan fingerprint density at radius 3 is 1.56 bits per heavy atom. The van der Waals surface area contributed by atoms with Crippen molar-refractivity contribution in [2.75, 3.05) is 0 Å². The van der Waals surface area contributed by atoms with E-state index in [-0.39, 0.29) is 39.0 Å². The van der Waals surface area contributed by atoms with Gasteiger partial charge in [0.05, 0.1) is 5.52 Å². The van der Waals surface area contributed by atoms with Gasteiger partial charge in [0.15, 0.2) is 58.2 Å². The Balaban J connectivity index is 1.44. The lowest BCUT2D eigenvalue weighted by molar-refractivity contribution is 0.384. The van der Waals surface area contributed by atoms with E-state index in [0.29, 0.717) is 21.8 Å². The van der Waals surface area contributed by atoms with E-state index in [0.717, 1.165) is 0 Å². The Bertz CT molecular complexity index is 2620. The third kappa shape index (κ3) is 3.78. The number of para-hydroxylation sites is 3. The SMILES string of the molecule is Fc1c(F)c(F)c(B2c3ccccc3Oc3cc4c(cc32)-n2c3ccccc3c3cccc(c32)B4c2c(F)c(F)c(F)c(F)c2F)c(F)c1F. The molecule has 0 saturated carbocycles. The van der Waals surface area contributed by atoms with Crippen molar-refractivity contribution < 1.29 is 48.6 Å². The molecule has 14 heteroatoms. The van der Waals surface area contributed by atoms with E-state index in [9.17, 15) is 26.3 Å². The van der Waals surface area contributed by atoms with Crippen LogP contribution in [-0.4, -0.2) is 18.0 Å². The number of aromatic nitrogens is 1. The van der Waals surface area contributed by atoms with Crippen molar-refractivity contribution in [1.82, 2.24) is 4.57 Å². The summed E-state index contributed by atoms with van der Waals surface area (Å²) in [7, 11) is 0. The van der Waals surface area contributed by atoms with Crippen LogP contribution < -0.4 is 37.5 Å². The van der Waals surface area contributed by atoms with E-state index in [4.69, 9.17) is 4.74 Å². The van der Waals surface area contributed by atoms with Crippen molar-refractivity contribution in [3.05, 3.63) is 137 Å². The van der Waals surface area contributed by atoms with Crippen molar-refractivity contribution in [1.29, 1.82) is 0 Å². The Morgan fingerprint density at radius 1 is 0.420 bits per heavy atom. The smallest absolute Gasteiger partial charge is 0.258 e. The molecule has 0 unspecified atom stereocenters. The summed E-state index contributed by atoms with van der Waals surface area (Å²) in [5.41, 5.74) is -1.28. The van der Waals surface area contributed by atoms with Crippen LogP contribution in [0.4, 0.5) is 43.9 Å². The number of halogens is 10. The summed E-state index contributed by atoms with van der Waals surface area (Å²) in [6.45, 7) is -3.30. The van der Waals surface area contributed by atoms with Gasteiger partial charge in [0.1, 0.15) is 11.5 Å². The zero-order chi connectivity index (χ0) is 34.9. The number of fused-ring (bicyclic) bond motifs is 7. The van der Waals surface area contributed by atoms with Crippen LogP contribution in [0.15, 0.2) is 78.9 Å². The predicted octanol–water partition coefficient (Wildman–Crippen LogP) is 5.63. The lowest BCUT2D eigenvalue weighted by Gasteiger charge is -2.32. The van der Waals surface area contributed by atoms with E-state index in [1.807, 2.05) is 0 Å². The molecule has 50 heavy (non-hydrogen) atoms. The molecule has 0 N–H and O–H groups in total. The minimum Gasteiger partial charge on any atom is -0.458 e. The van der Waals surface area contributed by atoms with Crippen LogP contribution in [-0.2, 0) is 0 Å². The lowest BCUT2D eigenvalue weighted by atomic mass is 9.33. The van der Waals surface area contributed by atoms with Gasteiger partial charge >= 0.3 is 0 Å². The molecule has 2 nitrogen and oxygen atoms in total. The molecule has 0 fully saturated rings. The van der Waals surface area contributed by atoms with Gasteiger partial charge < -0.3 is 9.30 Å². The summed E-state index contributed by atoms with van der Waals surface area (Å²) in [6.07, 6.45) is 0. The van der Waals surface area contributed by atoms with Crippen LogP contribution in [0.1, 0.15) is 0 Å². The van der Waals surface area contributed by atoms with E-state index < -0.39 is 82.5 Å². The van der Waals surface area contributed by atoms with Crippen LogP contribution in [0, 0.1) is 58.2 Å². The molecule has 0 atom stereocenters. The first-order chi connectivity index (χ1) is 24.0. The highest BCUT2D eigenvalue weighted by atomic mass is 19.2. The highest BCUT2D eigenvalue weighted by molar-refractivity contribution is 6.99. The molecule has 2 aliphatic heterocycles. The summed E-state index contributed by atoms with van der Waals surface area (Å²) in [5, 5.41) is 1.19. The second-order valence-corrected chi connectivity index (χ2v) is 12.0. The summed E-state index contributed by atoms with van der Waals surface area (Å²) < 4.78 is 158. The second kappa shape index (κ2) is 10.4. The third-order valence-electron chi connectivity index (χ3n) is 9.57. The normalized spacial score (nSPS) is 13.1. The topological polar surface area (TPSA) is 14.2 Å². The van der Waals surface area contributed by atoms with Gasteiger partial charge in [-0.3, -0.25) is 0 Å². The maximum atomic E-state index is 15.7. The monoisotopic (exact) mass is 687 g/mol. The molecule has 9 rings (SSSR count). The molecule has 3 heterocycles. The fourth-order valence-corrected chi connectivity index (χ4v) is 7.51. The molecule has 0 radical (unpaired) electrons. The number of rotatable bonds is 2. The molecule has 0 saturated heterocycles. The number of nitrogens with zero attached hydrogens (tertiary/aromatic N) is 1. The van der Waals surface area contributed by atoms with Crippen LogP contribution in [0.5, 0.6) is 11.5 Å². The van der Waals surface area contributed by atoms with E-state index in [1.54, 1.807) is 41.0 Å². The molecule has 6 aromatic carbocycles. The second-order valence-electron chi connectivity index (χ2n) is 12.0. The Kier molecular flexibility index (Phi) is 6.34. The van der Waals surface area contributed by atoms with Crippen LogP contribution in [0.25, 0.3) is 27.5 Å². The summed E-state index contributed by atoms with van der Waals surface area (Å²) in [5.74, 6) is -21.9. The number of hydrogen-bond donors (Lipinski definition) is 0. The van der Waals surface area contributed by atoms with Crippen LogP contribution in [0.2, 0.25) is 0 Å². The fraction of sp³-hybridized carbons (Fsp3) is 0. The molecule has 1 aromatic heterocycles. The summed E-state index contributed by atoms with van der Waals surface area (Å²) in [4.78, 5) is 0. The van der Waals surface area contributed by atoms with Crippen molar-refractivity contribution in [2.24, 2.45) is 0 Å². The molecule has 0 aliphatic carbocycles. The lowest BCUT2D eigenvalue weighted by Crippen LogP contribution is -2.61. The first-order valence-electron chi connectivity index (χ1n) is 15.0. The van der Waals surface area contributed by atoms with Gasteiger partial charge in [-0.25, -0.2) is 43.9 Å². The first-order valence-corrected chi connectivity index (χ1v) is 15.0. The molecule has 7 aromatic rings. The van der Waals surface area contributed by atoms with Gasteiger partial charge in [0, 0.05) is 32.9 Å². The summed E-state index contributed by atoms with van der Waals surface area (Å²) >= 11 is 0. The maximum absolute atomic E-state index is 15.7. The molecular formula is C36H13B2F10NO. The number of benzene rings is 6. The number of hydrogen-bond acceptors (Lipinski definition) is 1. The molecule has 244 valence electrons. The van der Waals surface area contributed by atoms with Gasteiger partial charge in [0.2, 0.25) is 0 Å². The minimum atomic E-state index is -2.35. The van der Waals surface area contributed by atoms with Crippen molar-refractivity contribution in [2.45, 2.75) is 0 Å². The Hall–Kier alpha value is -5.65. The van der Waals surface area contributed by atoms with E-state index in [1.165, 1.54) is 42.5 Å². The van der Waals surface area contributed by atoms with Crippen molar-refractivity contribution >= 4 is 68.0 Å². The largest absolute Gasteiger partial charge is 0.458 e. The molecule has 0 bridgehead atoms. The van der Waals surface area contributed by atoms with Gasteiger partial charge in [0.25, 0.3) is 13.4 Å². The van der Waals surface area contributed by atoms with Gasteiger partial charge in [-0.2, -0.15) is 0 Å². The van der Waals surface area contributed by atoms with Crippen LogP contribution >= 0.6 is 0 Å². The maximum Gasteiger partial charge on any atom is 0.258 e. The fourth-order valence-electron chi connectivity index (χ4n) is 7.51. The van der Waals surface area contributed by atoms with Gasteiger partial charge in [-0.15, -0.1) is 0 Å². The van der Waals surface area contributed by atoms with Crippen molar-refractivity contribution in [3.8, 4) is 17.2 Å². The average molecular weight is 687 g/mol. The quantitative estimate of drug-likeness (QED) is 0.0997. The van der Waals surface area contributed by atoms with Gasteiger partial charge in [-0.05, 0) is 46.1 Å². The van der Waals surface area contributed by atoms with E-state index in [2.05, 4.69) is 0 Å². The zero-order valence-electron chi connectivity index (χ0n) is 24.8. The molecule has 2 aliphatic rings. The predicted molar refractivity (Wildman–Crippen MR) is 169 cm³/mol. The Labute approximate surface area is 275 Å². The van der Waals surface area contributed by atoms with E-state index >= 15 is 17.6 Å². The minimum absolute atomic E-state index is 0.0242. The number of ether oxygens (including phenoxy) is 1. The summed E-state index contributed by atoms with van der Waals surface area (Å²) in [6, 6.07) is 20.0. The van der Waals surface area contributed by atoms with Gasteiger partial charge in [-0.1, -0.05) is 54.6 Å². The molecular weight excluding hydrogens is 674 g/mol. The van der Waals surface area contributed by atoms with Crippen LogP contribution in [0.3, 0.4) is 0 Å². The third-order valence-corrected chi connectivity index (χ3v) is 9.57. The highest BCUT2D eigenvalue weighted by Crippen LogP contribution is 2.35. The average Bonchev–Trinajstić information content (AvgIpc) is 3.47. The molecule has 0 amide bonds. The van der Waals surface area contributed by atoms with Crippen molar-refractivity contribution in [3.63, 3.8) is 0 Å².